The molecule has 0 bridgehead atoms. The number of Topliss-reactive ketones (excluding diaryl/α,β-unsaturated/α-hetero) is 1. The molecule has 1 fully saturated rings. The summed E-state index contributed by atoms with van der Waals surface area (Å²) in [5.74, 6) is -1.27. The van der Waals surface area contributed by atoms with Crippen molar-refractivity contribution < 1.29 is 19.4 Å². The molecular weight excluding hydrogens is 508 g/mol. The third kappa shape index (κ3) is 4.65. The van der Waals surface area contributed by atoms with Gasteiger partial charge < -0.3 is 14.7 Å². The number of carbonyl (C=O) groups excluding carboxylic acids is 2. The number of likely N-dealkylation sites (tertiary alicyclic amines) is 1. The monoisotopic (exact) mass is 526 g/mol. The van der Waals surface area contributed by atoms with Gasteiger partial charge in [-0.25, -0.2) is 0 Å². The second-order valence-corrected chi connectivity index (χ2v) is 8.74. The number of pyridine rings is 1. The van der Waals surface area contributed by atoms with Crippen LogP contribution in [0, 0.1) is 0 Å². The van der Waals surface area contributed by atoms with Gasteiger partial charge in [0.1, 0.15) is 11.5 Å². The lowest BCUT2D eigenvalue weighted by Crippen LogP contribution is -2.29. The van der Waals surface area contributed by atoms with Crippen LogP contribution in [0.15, 0.2) is 77.0 Å². The number of carbonyl (C=O) groups is 2. The normalized spacial score (nSPS) is 17.4. The van der Waals surface area contributed by atoms with Gasteiger partial charge in [-0.05, 0) is 54.4 Å². The van der Waals surface area contributed by atoms with Crippen molar-refractivity contribution in [3.05, 3.63) is 98.7 Å². The molecule has 1 N–H and O–H groups in total. The average molecular weight is 528 g/mol. The molecule has 1 atom stereocenters. The van der Waals surface area contributed by atoms with Crippen molar-refractivity contribution in [2.45, 2.75) is 19.5 Å². The summed E-state index contributed by atoms with van der Waals surface area (Å²) in [6.45, 7) is 2.44. The second kappa shape index (κ2) is 9.77. The second-order valence-electron chi connectivity index (χ2n) is 7.42. The molecule has 33 heavy (non-hydrogen) atoms. The third-order valence-corrected chi connectivity index (χ3v) is 6.13. The number of aliphatic hydroxyl groups is 1. The molecule has 1 amide bonds. The van der Waals surface area contributed by atoms with Gasteiger partial charge in [0.2, 0.25) is 0 Å². The van der Waals surface area contributed by atoms with Gasteiger partial charge >= 0.3 is 0 Å². The summed E-state index contributed by atoms with van der Waals surface area (Å²) in [6, 6.07) is 14.9. The Morgan fingerprint density at radius 3 is 2.58 bits per heavy atom. The first kappa shape index (κ1) is 23.0. The van der Waals surface area contributed by atoms with E-state index in [2.05, 4.69) is 20.9 Å². The van der Waals surface area contributed by atoms with Crippen LogP contribution >= 0.6 is 27.5 Å². The van der Waals surface area contributed by atoms with Crippen LogP contribution in [0.25, 0.3) is 5.76 Å². The molecule has 1 saturated heterocycles. The van der Waals surface area contributed by atoms with Crippen molar-refractivity contribution in [3.63, 3.8) is 0 Å². The summed E-state index contributed by atoms with van der Waals surface area (Å²) in [6.07, 6.45) is 3.28. The number of halogens is 2. The first-order valence-electron chi connectivity index (χ1n) is 10.3. The van der Waals surface area contributed by atoms with Gasteiger partial charge in [0.05, 0.1) is 23.2 Å². The van der Waals surface area contributed by atoms with E-state index < -0.39 is 17.7 Å². The van der Waals surface area contributed by atoms with E-state index in [1.165, 1.54) is 11.0 Å². The molecule has 4 rings (SSSR count). The highest BCUT2D eigenvalue weighted by Crippen LogP contribution is 2.41. The van der Waals surface area contributed by atoms with E-state index >= 15 is 0 Å². The van der Waals surface area contributed by atoms with Crippen LogP contribution in [0.1, 0.15) is 29.7 Å². The van der Waals surface area contributed by atoms with Crippen LogP contribution in [0.5, 0.6) is 5.75 Å². The van der Waals surface area contributed by atoms with Crippen molar-refractivity contribution in [2.24, 2.45) is 0 Å². The smallest absolute Gasteiger partial charge is 0.295 e. The lowest BCUT2D eigenvalue weighted by atomic mass is 9.95. The minimum atomic E-state index is -0.774. The van der Waals surface area contributed by atoms with E-state index in [0.717, 1.165) is 10.0 Å². The molecule has 3 aromatic rings. The Balaban J connectivity index is 1.84. The van der Waals surface area contributed by atoms with E-state index in [4.69, 9.17) is 16.3 Å². The molecule has 0 aliphatic carbocycles. The number of aromatic nitrogens is 1. The molecule has 1 aromatic heterocycles. The Kier molecular flexibility index (Phi) is 6.81. The highest BCUT2D eigenvalue weighted by molar-refractivity contribution is 9.10. The van der Waals surface area contributed by atoms with Crippen LogP contribution in [-0.2, 0) is 16.1 Å². The van der Waals surface area contributed by atoms with Crippen LogP contribution in [-0.4, -0.2) is 33.3 Å². The van der Waals surface area contributed by atoms with E-state index in [1.54, 1.807) is 30.6 Å². The Hall–Kier alpha value is -3.16. The van der Waals surface area contributed by atoms with Crippen molar-refractivity contribution >= 4 is 45.0 Å². The molecule has 0 radical (unpaired) electrons. The largest absolute Gasteiger partial charge is 0.507 e. The predicted molar refractivity (Wildman–Crippen MR) is 129 cm³/mol. The molecular formula is C25H20BrClN2O4. The maximum absolute atomic E-state index is 13.1. The van der Waals surface area contributed by atoms with Crippen LogP contribution in [0.4, 0.5) is 0 Å². The highest BCUT2D eigenvalue weighted by atomic mass is 79.9. The minimum Gasteiger partial charge on any atom is -0.507 e. The number of ketones is 1. The molecule has 0 unspecified atom stereocenters. The number of hydrogen-bond donors (Lipinski definition) is 1. The number of aliphatic hydroxyl groups excluding tert-OH is 1. The fourth-order valence-corrected chi connectivity index (χ4v) is 4.30. The van der Waals surface area contributed by atoms with Crippen molar-refractivity contribution in [1.82, 2.24) is 9.88 Å². The summed E-state index contributed by atoms with van der Waals surface area (Å²) in [5.41, 5.74) is 1.79. The van der Waals surface area contributed by atoms with Gasteiger partial charge in [0, 0.05) is 29.0 Å². The maximum Gasteiger partial charge on any atom is 0.295 e. The summed E-state index contributed by atoms with van der Waals surface area (Å²) in [4.78, 5) is 31.7. The first-order chi connectivity index (χ1) is 15.9. The van der Waals surface area contributed by atoms with Crippen LogP contribution < -0.4 is 4.74 Å². The molecule has 1 aliphatic rings. The van der Waals surface area contributed by atoms with Crippen LogP contribution in [0.3, 0.4) is 0 Å². The summed E-state index contributed by atoms with van der Waals surface area (Å²) < 4.78 is 6.31. The molecule has 6 nitrogen and oxygen atoms in total. The Labute approximate surface area is 204 Å². The molecule has 0 saturated carbocycles. The van der Waals surface area contributed by atoms with Gasteiger partial charge in [-0.3, -0.25) is 14.6 Å². The number of hydrogen-bond acceptors (Lipinski definition) is 5. The summed E-state index contributed by atoms with van der Waals surface area (Å²) in [7, 11) is 0. The zero-order valence-electron chi connectivity index (χ0n) is 17.7. The predicted octanol–water partition coefficient (Wildman–Crippen LogP) is 5.52. The average Bonchev–Trinajstić information content (AvgIpc) is 3.06. The molecule has 2 heterocycles. The number of benzene rings is 2. The number of rotatable bonds is 6. The van der Waals surface area contributed by atoms with E-state index in [-0.39, 0.29) is 17.9 Å². The fourth-order valence-electron chi connectivity index (χ4n) is 3.80. The standard InChI is InChI=1S/C25H20BrClN2O4/c1-2-33-20-10-7-17(12-19(20)27)23(30)21-22(16-5-8-18(26)9-6-16)29(25(32)24(21)31)14-15-4-3-11-28-13-15/h3-13,22,30H,2,14H2,1H3/b23-21+/t22-/m0/s1. The molecule has 8 heteroatoms. The lowest BCUT2D eigenvalue weighted by molar-refractivity contribution is -0.140. The summed E-state index contributed by atoms with van der Waals surface area (Å²) >= 11 is 9.71. The van der Waals surface area contributed by atoms with Gasteiger partial charge in [0.15, 0.2) is 0 Å². The fraction of sp³-hybridized carbons (Fsp3) is 0.160. The van der Waals surface area contributed by atoms with E-state index in [9.17, 15) is 14.7 Å². The van der Waals surface area contributed by atoms with E-state index in [1.807, 2.05) is 37.3 Å². The van der Waals surface area contributed by atoms with Gasteiger partial charge in [-0.1, -0.05) is 45.7 Å². The number of amides is 1. The van der Waals surface area contributed by atoms with Gasteiger partial charge in [0.25, 0.3) is 11.7 Å². The molecule has 0 spiro atoms. The third-order valence-electron chi connectivity index (χ3n) is 5.31. The van der Waals surface area contributed by atoms with Crippen LogP contribution in [0.2, 0.25) is 5.02 Å². The first-order valence-corrected chi connectivity index (χ1v) is 11.4. The number of nitrogens with zero attached hydrogens (tertiary/aromatic N) is 2. The zero-order chi connectivity index (χ0) is 23.5. The highest BCUT2D eigenvalue weighted by Gasteiger charge is 2.46. The van der Waals surface area contributed by atoms with Crippen molar-refractivity contribution in [3.8, 4) is 5.75 Å². The number of ether oxygens (including phenoxy) is 1. The quantitative estimate of drug-likeness (QED) is 0.259. The SMILES string of the molecule is CCOc1ccc(/C(O)=C2\C(=O)C(=O)N(Cc3cccnc3)[C@H]2c2ccc(Br)cc2)cc1Cl. The zero-order valence-corrected chi connectivity index (χ0v) is 20.0. The molecule has 1 aliphatic heterocycles. The molecule has 168 valence electrons. The van der Waals surface area contributed by atoms with Gasteiger partial charge in [-0.2, -0.15) is 0 Å². The Morgan fingerprint density at radius 2 is 1.94 bits per heavy atom. The maximum atomic E-state index is 13.1. The van der Waals surface area contributed by atoms with E-state index in [0.29, 0.717) is 28.5 Å². The van der Waals surface area contributed by atoms with Crippen molar-refractivity contribution in [1.29, 1.82) is 0 Å². The van der Waals surface area contributed by atoms with Crippen molar-refractivity contribution in [2.75, 3.05) is 6.61 Å². The summed E-state index contributed by atoms with van der Waals surface area (Å²) in [5, 5.41) is 11.5. The Morgan fingerprint density at radius 1 is 1.18 bits per heavy atom. The van der Waals surface area contributed by atoms with Gasteiger partial charge in [-0.15, -0.1) is 0 Å². The Bertz CT molecular complexity index is 1230. The minimum absolute atomic E-state index is 0.00596. The topological polar surface area (TPSA) is 79.7 Å². The molecule has 2 aromatic carbocycles. The lowest BCUT2D eigenvalue weighted by Gasteiger charge is -2.25.